The van der Waals surface area contributed by atoms with E-state index < -0.39 is 18.0 Å². The fourth-order valence-electron chi connectivity index (χ4n) is 2.78. The first kappa shape index (κ1) is 21.4. The molecule has 8 nitrogen and oxygen atoms in total. The molecule has 2 heterocycles. The summed E-state index contributed by atoms with van der Waals surface area (Å²) in [6, 6.07) is 15.6. The Hall–Kier alpha value is -3.85. The zero-order chi connectivity index (χ0) is 22.3. The molecule has 32 heavy (non-hydrogen) atoms. The molecule has 3 aromatic rings. The van der Waals surface area contributed by atoms with Crippen LogP contribution in [0.5, 0.6) is 17.2 Å². The zero-order valence-electron chi connectivity index (χ0n) is 16.6. The smallest absolute Gasteiger partial charge is 0.336 e. The summed E-state index contributed by atoms with van der Waals surface area (Å²) in [6.07, 6.45) is 4.79. The van der Waals surface area contributed by atoms with Gasteiger partial charge in [-0.25, -0.2) is 10.2 Å². The molecule has 0 aliphatic carbocycles. The van der Waals surface area contributed by atoms with Crippen molar-refractivity contribution in [3.63, 3.8) is 0 Å². The van der Waals surface area contributed by atoms with Crippen molar-refractivity contribution in [1.82, 2.24) is 5.43 Å². The fraction of sp³-hybridized carbons (Fsp3) is 0.0870. The molecule has 1 aromatic heterocycles. The maximum Gasteiger partial charge on any atom is 0.336 e. The lowest BCUT2D eigenvalue weighted by Gasteiger charge is -2.24. The number of nitrogens with one attached hydrogen (secondary N) is 1. The van der Waals surface area contributed by atoms with Gasteiger partial charge in [-0.2, -0.15) is 5.10 Å². The number of carbonyl (C=O) groups excluding carboxylic acids is 2. The Morgan fingerprint density at radius 1 is 1.12 bits per heavy atom. The van der Waals surface area contributed by atoms with Crippen molar-refractivity contribution in [2.24, 2.45) is 5.10 Å². The summed E-state index contributed by atoms with van der Waals surface area (Å²) < 4.78 is 22.4. The Labute approximate surface area is 191 Å². The van der Waals surface area contributed by atoms with Gasteiger partial charge in [0.15, 0.2) is 11.5 Å². The van der Waals surface area contributed by atoms with Crippen molar-refractivity contribution in [2.45, 2.75) is 6.10 Å². The van der Waals surface area contributed by atoms with Crippen LogP contribution in [0.15, 0.2) is 80.9 Å². The van der Waals surface area contributed by atoms with Crippen molar-refractivity contribution in [3.8, 4) is 17.2 Å². The minimum Gasteiger partial charge on any atom is -0.485 e. The number of benzene rings is 2. The molecule has 1 amide bonds. The molecule has 0 spiro atoms. The highest BCUT2D eigenvalue weighted by atomic mass is 79.9. The monoisotopic (exact) mass is 496 g/mol. The van der Waals surface area contributed by atoms with Crippen LogP contribution in [0.1, 0.15) is 11.3 Å². The van der Waals surface area contributed by atoms with Gasteiger partial charge in [0.05, 0.1) is 12.5 Å². The lowest BCUT2D eigenvalue weighted by atomic mass is 10.2. The number of furan rings is 1. The average molecular weight is 497 g/mol. The van der Waals surface area contributed by atoms with Crippen molar-refractivity contribution >= 4 is 40.1 Å². The number of para-hydroxylation sites is 2. The van der Waals surface area contributed by atoms with E-state index in [1.165, 1.54) is 24.6 Å². The van der Waals surface area contributed by atoms with Crippen molar-refractivity contribution < 1.29 is 28.2 Å². The van der Waals surface area contributed by atoms with E-state index in [1.54, 1.807) is 48.5 Å². The summed E-state index contributed by atoms with van der Waals surface area (Å²) in [6.45, 7) is 0.0696. The molecule has 1 N–H and O–H groups in total. The minimum absolute atomic E-state index is 0.0696. The summed E-state index contributed by atoms with van der Waals surface area (Å²) in [4.78, 5) is 24.5. The number of carbonyl (C=O) groups is 2. The van der Waals surface area contributed by atoms with Gasteiger partial charge in [-0.05, 0) is 48.5 Å². The number of amides is 1. The van der Waals surface area contributed by atoms with Crippen LogP contribution in [-0.4, -0.2) is 30.8 Å². The zero-order valence-corrected chi connectivity index (χ0v) is 18.2. The number of hydrogen-bond acceptors (Lipinski definition) is 7. The Balaban J connectivity index is 1.38. The number of esters is 1. The van der Waals surface area contributed by atoms with Gasteiger partial charge >= 0.3 is 5.97 Å². The Morgan fingerprint density at radius 2 is 1.97 bits per heavy atom. The quantitative estimate of drug-likeness (QED) is 0.182. The predicted octanol–water partition coefficient (Wildman–Crippen LogP) is 3.95. The molecule has 2 aromatic carbocycles. The van der Waals surface area contributed by atoms with Crippen LogP contribution >= 0.6 is 15.9 Å². The summed E-state index contributed by atoms with van der Waals surface area (Å²) in [5, 5.41) is 3.96. The van der Waals surface area contributed by atoms with Crippen molar-refractivity contribution in [3.05, 3.63) is 82.7 Å². The highest BCUT2D eigenvalue weighted by Gasteiger charge is 2.27. The maximum absolute atomic E-state index is 12.4. The molecule has 0 unspecified atom stereocenters. The first-order chi connectivity index (χ1) is 15.6. The van der Waals surface area contributed by atoms with E-state index in [4.69, 9.17) is 18.6 Å². The van der Waals surface area contributed by atoms with E-state index in [2.05, 4.69) is 26.5 Å². The molecule has 1 aliphatic heterocycles. The van der Waals surface area contributed by atoms with E-state index in [9.17, 15) is 9.59 Å². The van der Waals surface area contributed by atoms with E-state index in [1.807, 2.05) is 6.07 Å². The van der Waals surface area contributed by atoms with Crippen LogP contribution < -0.4 is 19.6 Å². The molecule has 162 valence electrons. The largest absolute Gasteiger partial charge is 0.485 e. The number of ether oxygens (including phenoxy) is 3. The highest BCUT2D eigenvalue weighted by Crippen LogP contribution is 2.30. The summed E-state index contributed by atoms with van der Waals surface area (Å²) in [5.41, 5.74) is 2.90. The van der Waals surface area contributed by atoms with Gasteiger partial charge in [0.2, 0.25) is 6.10 Å². The molecule has 0 radical (unpaired) electrons. The Bertz CT molecular complexity index is 1170. The molecule has 0 bridgehead atoms. The predicted molar refractivity (Wildman–Crippen MR) is 120 cm³/mol. The lowest BCUT2D eigenvalue weighted by Crippen LogP contribution is -2.42. The van der Waals surface area contributed by atoms with Crippen LogP contribution in [0, 0.1) is 0 Å². The number of hydrogen-bond donors (Lipinski definition) is 1. The lowest BCUT2D eigenvalue weighted by molar-refractivity contribution is -0.130. The summed E-state index contributed by atoms with van der Waals surface area (Å²) in [5.74, 6) is 0.818. The van der Waals surface area contributed by atoms with Gasteiger partial charge < -0.3 is 18.6 Å². The van der Waals surface area contributed by atoms with Gasteiger partial charge in [-0.3, -0.25) is 4.79 Å². The van der Waals surface area contributed by atoms with E-state index in [0.29, 0.717) is 22.8 Å². The van der Waals surface area contributed by atoms with Crippen LogP contribution in [-0.2, 0) is 9.59 Å². The average Bonchev–Trinajstić information content (AvgIpc) is 3.33. The number of rotatable bonds is 6. The molecule has 9 heteroatoms. The molecule has 1 aliphatic rings. The first-order valence-corrected chi connectivity index (χ1v) is 10.3. The van der Waals surface area contributed by atoms with Gasteiger partial charge in [0, 0.05) is 16.1 Å². The second-order valence-electron chi connectivity index (χ2n) is 6.55. The van der Waals surface area contributed by atoms with Gasteiger partial charge in [-0.15, -0.1) is 0 Å². The van der Waals surface area contributed by atoms with Crippen molar-refractivity contribution in [1.29, 1.82) is 0 Å². The second-order valence-corrected chi connectivity index (χ2v) is 7.47. The standard InChI is InChI=1S/C23H17BrN2O6/c24-16-7-9-18(32-22(27)10-8-17-4-3-11-29-17)15(12-16)13-25-26-23(28)21-14-30-19-5-1-2-6-20(19)31-21/h1-13,21H,14H2,(H,26,28)/b10-8+,25-13-/t21-/m1/s1. The van der Waals surface area contributed by atoms with Crippen LogP contribution in [0.2, 0.25) is 0 Å². The number of fused-ring (bicyclic) bond motifs is 1. The summed E-state index contributed by atoms with van der Waals surface area (Å²) in [7, 11) is 0. The molecule has 4 rings (SSSR count). The Morgan fingerprint density at radius 3 is 2.78 bits per heavy atom. The minimum atomic E-state index is -0.839. The number of nitrogens with zero attached hydrogens (tertiary/aromatic N) is 1. The van der Waals surface area contributed by atoms with Crippen molar-refractivity contribution in [2.75, 3.05) is 6.61 Å². The molecular formula is C23H17BrN2O6. The number of halogens is 1. The molecular weight excluding hydrogens is 480 g/mol. The van der Waals surface area contributed by atoms with Gasteiger partial charge in [-0.1, -0.05) is 28.1 Å². The third-order valence-corrected chi connectivity index (χ3v) is 4.78. The molecule has 1 atom stereocenters. The maximum atomic E-state index is 12.4. The highest BCUT2D eigenvalue weighted by molar-refractivity contribution is 9.10. The van der Waals surface area contributed by atoms with Crippen LogP contribution in [0.25, 0.3) is 6.08 Å². The molecule has 0 saturated carbocycles. The third kappa shape index (κ3) is 5.44. The van der Waals surface area contributed by atoms with E-state index in [-0.39, 0.29) is 12.4 Å². The van der Waals surface area contributed by atoms with Crippen LogP contribution in [0.3, 0.4) is 0 Å². The van der Waals surface area contributed by atoms with Gasteiger partial charge in [0.1, 0.15) is 18.1 Å². The third-order valence-electron chi connectivity index (χ3n) is 4.29. The molecule has 0 saturated heterocycles. The van der Waals surface area contributed by atoms with E-state index in [0.717, 1.165) is 4.47 Å². The second kappa shape index (κ2) is 9.97. The van der Waals surface area contributed by atoms with Gasteiger partial charge in [0.25, 0.3) is 5.91 Å². The SMILES string of the molecule is O=C(/C=C/c1ccco1)Oc1ccc(Br)cc1/C=N\NC(=O)[C@H]1COc2ccccc2O1. The summed E-state index contributed by atoms with van der Waals surface area (Å²) >= 11 is 3.37. The number of hydrazone groups is 1. The molecule has 0 fully saturated rings. The topological polar surface area (TPSA) is 99.4 Å². The fourth-order valence-corrected chi connectivity index (χ4v) is 3.16. The van der Waals surface area contributed by atoms with E-state index >= 15 is 0 Å². The Kier molecular flexibility index (Phi) is 6.66. The normalized spacial score (nSPS) is 15.1. The first-order valence-electron chi connectivity index (χ1n) is 9.53. The van der Waals surface area contributed by atoms with Crippen LogP contribution in [0.4, 0.5) is 0 Å².